The van der Waals surface area contributed by atoms with Crippen molar-refractivity contribution in [2.45, 2.75) is 0 Å². The fourth-order valence-electron chi connectivity index (χ4n) is 3.00. The van der Waals surface area contributed by atoms with Gasteiger partial charge in [0.15, 0.2) is 0 Å². The van der Waals surface area contributed by atoms with Gasteiger partial charge in [-0.1, -0.05) is 72.6 Å². The number of hydrogen-bond donors (Lipinski definition) is 1. The maximum atomic E-state index is 8.29. The molecule has 0 bridgehead atoms. The van der Waals surface area contributed by atoms with Gasteiger partial charge in [-0.05, 0) is 46.5 Å². The first-order chi connectivity index (χ1) is 16.5. The van der Waals surface area contributed by atoms with Crippen LogP contribution in [0, 0.1) is 0 Å². The third-order valence-corrected chi connectivity index (χ3v) is 4.18. The molecule has 25 heavy (non-hydrogen) atoms. The molecule has 4 aromatic carbocycles. The first-order valence-corrected chi connectivity index (χ1v) is 7.73. The van der Waals surface area contributed by atoms with Crippen LogP contribution in [0.25, 0.3) is 44.1 Å². The molecular formula is C24H17N. The molecule has 1 aromatic heterocycles. The molecule has 0 saturated carbocycles. The minimum absolute atomic E-state index is 0.0917. The van der Waals surface area contributed by atoms with Gasteiger partial charge in [0, 0.05) is 21.8 Å². The Morgan fingerprint density at radius 3 is 1.40 bits per heavy atom. The predicted molar refractivity (Wildman–Crippen MR) is 107 cm³/mol. The van der Waals surface area contributed by atoms with E-state index in [0.717, 1.165) is 11.0 Å². The third kappa shape index (κ3) is 2.41. The van der Waals surface area contributed by atoms with Gasteiger partial charge in [-0.3, -0.25) is 0 Å². The smallest absolute Gasteiger partial charge is 0.0629 e. The van der Waals surface area contributed by atoms with Crippen LogP contribution < -0.4 is 0 Å². The van der Waals surface area contributed by atoms with Crippen molar-refractivity contribution in [3.8, 4) is 22.3 Å². The number of aromatic nitrogens is 1. The second-order valence-corrected chi connectivity index (χ2v) is 5.65. The van der Waals surface area contributed by atoms with Crippen LogP contribution in [-0.2, 0) is 0 Å². The Hall–Kier alpha value is -3.32. The number of rotatable bonds is 2. The first kappa shape index (κ1) is 7.28. The molecule has 5 rings (SSSR count). The van der Waals surface area contributed by atoms with E-state index in [4.69, 9.17) is 13.7 Å². The van der Waals surface area contributed by atoms with Gasteiger partial charge in [-0.25, -0.2) is 0 Å². The van der Waals surface area contributed by atoms with Gasteiger partial charge in [-0.2, -0.15) is 0 Å². The second kappa shape index (κ2) is 5.64. The number of nitrogens with one attached hydrogen (secondary N) is 1. The van der Waals surface area contributed by atoms with E-state index in [1.807, 2.05) is 0 Å². The van der Waals surface area contributed by atoms with Gasteiger partial charge in [0.25, 0.3) is 0 Å². The molecule has 1 nitrogen and oxygen atoms in total. The Morgan fingerprint density at radius 2 is 0.960 bits per heavy atom. The lowest BCUT2D eigenvalue weighted by atomic mass is 10.0. The average molecular weight is 329 g/mol. The summed E-state index contributed by atoms with van der Waals surface area (Å²) in [6.07, 6.45) is 0. The normalized spacial score (nSPS) is 16.8. The molecular weight excluding hydrogens is 302 g/mol. The topological polar surface area (TPSA) is 15.8 Å². The lowest BCUT2D eigenvalue weighted by Gasteiger charge is -2.03. The molecule has 0 fully saturated rings. The van der Waals surface area contributed by atoms with E-state index >= 15 is 0 Å². The molecule has 0 aliphatic rings. The molecule has 0 saturated heterocycles. The second-order valence-electron chi connectivity index (χ2n) is 5.65. The van der Waals surface area contributed by atoms with Crippen molar-refractivity contribution < 1.29 is 13.7 Å². The summed E-state index contributed by atoms with van der Waals surface area (Å²) in [6.45, 7) is 0. The first-order valence-electron chi connectivity index (χ1n) is 12.7. The number of fused-ring (bicyclic) bond motifs is 3. The van der Waals surface area contributed by atoms with Crippen LogP contribution in [-0.4, -0.2) is 4.98 Å². The van der Waals surface area contributed by atoms with E-state index in [2.05, 4.69) is 4.98 Å². The van der Waals surface area contributed by atoms with E-state index < -0.39 is 36.3 Å². The monoisotopic (exact) mass is 329 g/mol. The van der Waals surface area contributed by atoms with Crippen molar-refractivity contribution in [1.29, 1.82) is 0 Å². The van der Waals surface area contributed by atoms with E-state index in [0.29, 0.717) is 21.9 Å². The summed E-state index contributed by atoms with van der Waals surface area (Å²) in [6, 6.07) is 6.59. The van der Waals surface area contributed by atoms with Crippen LogP contribution in [0.2, 0.25) is 0 Å². The molecule has 1 N–H and O–H groups in total. The molecule has 0 spiro atoms. The van der Waals surface area contributed by atoms with Gasteiger partial charge in [0.05, 0.1) is 13.7 Å². The van der Waals surface area contributed by atoms with Crippen LogP contribution >= 0.6 is 0 Å². The molecule has 5 aromatic rings. The summed E-state index contributed by atoms with van der Waals surface area (Å²) < 4.78 is 80.7. The highest BCUT2D eigenvalue weighted by Gasteiger charge is 2.08. The van der Waals surface area contributed by atoms with Crippen molar-refractivity contribution in [2.75, 3.05) is 0 Å². The van der Waals surface area contributed by atoms with Gasteiger partial charge in [0.1, 0.15) is 0 Å². The van der Waals surface area contributed by atoms with E-state index in [1.54, 1.807) is 36.4 Å². The van der Waals surface area contributed by atoms with Crippen LogP contribution in [0.3, 0.4) is 0 Å². The lowest BCUT2D eigenvalue weighted by Crippen LogP contribution is -1.78. The predicted octanol–water partition coefficient (Wildman–Crippen LogP) is 6.66. The maximum Gasteiger partial charge on any atom is 0.0629 e. The molecule has 118 valence electrons. The molecule has 0 radical (unpaired) electrons. The number of H-pyrrole nitrogens is 1. The van der Waals surface area contributed by atoms with Crippen LogP contribution in [0.1, 0.15) is 13.7 Å². The number of benzene rings is 4. The van der Waals surface area contributed by atoms with Gasteiger partial charge in [0.2, 0.25) is 0 Å². The average Bonchev–Trinajstić information content (AvgIpc) is 3.21. The zero-order valence-electron chi connectivity index (χ0n) is 23.0. The van der Waals surface area contributed by atoms with Crippen LogP contribution in [0.5, 0.6) is 0 Å². The molecule has 0 atom stereocenters. The molecule has 1 heteroatoms. The largest absolute Gasteiger partial charge is 0.355 e. The fraction of sp³-hybridized carbons (Fsp3) is 0. The van der Waals surface area contributed by atoms with Crippen molar-refractivity contribution in [1.82, 2.24) is 4.98 Å². The molecule has 0 amide bonds. The summed E-state index contributed by atoms with van der Waals surface area (Å²) >= 11 is 0. The Labute approximate surface area is 160 Å². The summed E-state index contributed by atoms with van der Waals surface area (Å²) in [7, 11) is 0. The lowest BCUT2D eigenvalue weighted by molar-refractivity contribution is 1.54. The van der Waals surface area contributed by atoms with E-state index in [9.17, 15) is 0 Å². The van der Waals surface area contributed by atoms with Gasteiger partial charge >= 0.3 is 0 Å². The molecule has 0 aliphatic carbocycles. The highest BCUT2D eigenvalue weighted by molar-refractivity contribution is 6.09. The fourth-order valence-corrected chi connectivity index (χ4v) is 3.00. The summed E-state index contributed by atoms with van der Waals surface area (Å²) in [5, 5.41) is 1.41. The number of aromatic amines is 1. The SMILES string of the molecule is [2H]c1c([2H])c([2H])c(-c2ccc3[nH]c4ccc(-c5c([2H])c([2H])c([2H])c([2H])c5[2H])cc4c3c2)c([2H])c1[2H]. The maximum absolute atomic E-state index is 8.29. The van der Waals surface area contributed by atoms with Crippen molar-refractivity contribution in [3.63, 3.8) is 0 Å². The van der Waals surface area contributed by atoms with Crippen molar-refractivity contribution in [3.05, 3.63) is 96.8 Å². The molecule has 0 aliphatic heterocycles. The highest BCUT2D eigenvalue weighted by atomic mass is 14.7. The molecule has 0 unspecified atom stereocenters. The van der Waals surface area contributed by atoms with Gasteiger partial charge < -0.3 is 4.98 Å². The summed E-state index contributed by atoms with van der Waals surface area (Å²) in [4.78, 5) is 3.26. The number of hydrogen-bond acceptors (Lipinski definition) is 0. The van der Waals surface area contributed by atoms with Crippen LogP contribution in [0.15, 0.2) is 96.8 Å². The Balaban J connectivity index is 1.78. The van der Waals surface area contributed by atoms with Crippen LogP contribution in [0.4, 0.5) is 0 Å². The Kier molecular flexibility index (Phi) is 1.64. The van der Waals surface area contributed by atoms with Gasteiger partial charge in [-0.15, -0.1) is 0 Å². The summed E-state index contributed by atoms with van der Waals surface area (Å²) in [5.41, 5.74) is 2.57. The zero-order chi connectivity index (χ0) is 25.3. The minimum Gasteiger partial charge on any atom is -0.355 e. The highest BCUT2D eigenvalue weighted by Crippen LogP contribution is 2.32. The van der Waals surface area contributed by atoms with E-state index in [-0.39, 0.29) is 35.3 Å². The Morgan fingerprint density at radius 1 is 0.520 bits per heavy atom. The van der Waals surface area contributed by atoms with E-state index in [1.165, 1.54) is 0 Å². The quantitative estimate of drug-likeness (QED) is 0.373. The zero-order valence-corrected chi connectivity index (χ0v) is 13.0. The van der Waals surface area contributed by atoms with Crippen molar-refractivity contribution >= 4 is 21.8 Å². The molecule has 1 heterocycles. The van der Waals surface area contributed by atoms with Crippen molar-refractivity contribution in [2.24, 2.45) is 0 Å². The summed E-state index contributed by atoms with van der Waals surface area (Å²) in [5.74, 6) is 0. The third-order valence-electron chi connectivity index (χ3n) is 4.18. The Bertz CT molecular complexity index is 1520. The minimum atomic E-state index is -0.458. The standard InChI is InChI=1S/C24H17N/c1-3-7-17(8-4-1)19-11-13-23-21(15-19)22-16-20(12-14-24(22)25-23)18-9-5-2-6-10-18/h1-16,25H/i1D,2D,3D,4D,5D,6D,7D,8D,9D,10D.